The van der Waals surface area contributed by atoms with Crippen molar-refractivity contribution in [3.63, 3.8) is 0 Å². The van der Waals surface area contributed by atoms with Crippen LogP contribution in [-0.2, 0) is 6.54 Å². The zero-order valence-corrected chi connectivity index (χ0v) is 8.84. The molecule has 0 radical (unpaired) electrons. The van der Waals surface area contributed by atoms with Gasteiger partial charge in [-0.3, -0.25) is 4.98 Å². The Morgan fingerprint density at radius 3 is 2.50 bits per heavy atom. The number of nitrogens with one attached hydrogen (secondary N) is 1. The second kappa shape index (κ2) is 7.35. The topological polar surface area (TPSA) is 24.9 Å². The molecule has 0 fully saturated rings. The van der Waals surface area contributed by atoms with Gasteiger partial charge in [0.05, 0.1) is 5.69 Å². The quantitative estimate of drug-likeness (QED) is 0.805. The van der Waals surface area contributed by atoms with E-state index in [2.05, 4.69) is 10.3 Å². The number of aromatic nitrogens is 1. The molecular formula is C8H14Cl2N2. The van der Waals surface area contributed by atoms with E-state index in [9.17, 15) is 0 Å². The van der Waals surface area contributed by atoms with Crippen LogP contribution in [0.5, 0.6) is 0 Å². The Labute approximate surface area is 85.6 Å². The van der Waals surface area contributed by atoms with E-state index < -0.39 is 0 Å². The minimum Gasteiger partial charge on any atom is -0.314 e. The largest absolute Gasteiger partial charge is 0.314 e. The van der Waals surface area contributed by atoms with E-state index in [0.717, 1.165) is 17.9 Å². The SMILES string of the molecule is CNCc1cccc(C)n1.Cl.Cl. The first-order chi connectivity index (χ1) is 4.83. The third-order valence-electron chi connectivity index (χ3n) is 1.30. The van der Waals surface area contributed by atoms with Gasteiger partial charge in [-0.05, 0) is 26.1 Å². The third-order valence-corrected chi connectivity index (χ3v) is 1.30. The molecule has 1 N–H and O–H groups in total. The summed E-state index contributed by atoms with van der Waals surface area (Å²) in [5.74, 6) is 0. The van der Waals surface area contributed by atoms with Crippen LogP contribution in [0.2, 0.25) is 0 Å². The van der Waals surface area contributed by atoms with Gasteiger partial charge in [0, 0.05) is 12.2 Å². The van der Waals surface area contributed by atoms with Gasteiger partial charge in [0.1, 0.15) is 0 Å². The summed E-state index contributed by atoms with van der Waals surface area (Å²) in [5.41, 5.74) is 2.18. The molecule has 0 aromatic carbocycles. The molecule has 0 saturated heterocycles. The Morgan fingerprint density at radius 1 is 1.33 bits per heavy atom. The molecule has 1 rings (SSSR count). The predicted molar refractivity (Wildman–Crippen MR) is 56.2 cm³/mol. The highest BCUT2D eigenvalue weighted by Gasteiger charge is 1.89. The van der Waals surface area contributed by atoms with Gasteiger partial charge in [-0.1, -0.05) is 6.07 Å². The Bertz CT molecular complexity index is 216. The fourth-order valence-corrected chi connectivity index (χ4v) is 0.879. The Hall–Kier alpha value is -0.310. The minimum atomic E-state index is 0. The van der Waals surface area contributed by atoms with Gasteiger partial charge in [-0.2, -0.15) is 0 Å². The molecule has 1 aromatic heterocycles. The number of hydrogen-bond acceptors (Lipinski definition) is 2. The van der Waals surface area contributed by atoms with Crippen molar-refractivity contribution in [2.75, 3.05) is 7.05 Å². The zero-order chi connectivity index (χ0) is 7.40. The van der Waals surface area contributed by atoms with Crippen molar-refractivity contribution < 1.29 is 0 Å². The number of nitrogens with zero attached hydrogens (tertiary/aromatic N) is 1. The minimum absolute atomic E-state index is 0. The highest BCUT2D eigenvalue weighted by molar-refractivity contribution is 5.85. The monoisotopic (exact) mass is 208 g/mol. The van der Waals surface area contributed by atoms with Crippen molar-refractivity contribution in [2.24, 2.45) is 0 Å². The van der Waals surface area contributed by atoms with Crippen molar-refractivity contribution >= 4 is 24.8 Å². The van der Waals surface area contributed by atoms with Crippen LogP contribution >= 0.6 is 24.8 Å². The first-order valence-corrected chi connectivity index (χ1v) is 3.40. The van der Waals surface area contributed by atoms with E-state index in [1.807, 2.05) is 32.2 Å². The molecule has 0 aliphatic rings. The van der Waals surface area contributed by atoms with Crippen molar-refractivity contribution in [1.29, 1.82) is 0 Å². The van der Waals surface area contributed by atoms with E-state index in [4.69, 9.17) is 0 Å². The maximum atomic E-state index is 4.30. The molecule has 0 bridgehead atoms. The summed E-state index contributed by atoms with van der Waals surface area (Å²) >= 11 is 0. The van der Waals surface area contributed by atoms with Crippen molar-refractivity contribution in [2.45, 2.75) is 13.5 Å². The van der Waals surface area contributed by atoms with Crippen molar-refractivity contribution in [3.05, 3.63) is 29.6 Å². The molecule has 0 saturated carbocycles. The van der Waals surface area contributed by atoms with Crippen LogP contribution in [0.25, 0.3) is 0 Å². The summed E-state index contributed by atoms with van der Waals surface area (Å²) in [6.07, 6.45) is 0. The molecule has 4 heteroatoms. The average molecular weight is 209 g/mol. The summed E-state index contributed by atoms with van der Waals surface area (Å²) in [4.78, 5) is 4.30. The van der Waals surface area contributed by atoms with Gasteiger partial charge in [-0.15, -0.1) is 24.8 Å². The van der Waals surface area contributed by atoms with Crippen LogP contribution in [0.3, 0.4) is 0 Å². The maximum Gasteiger partial charge on any atom is 0.0544 e. The van der Waals surface area contributed by atoms with E-state index in [1.165, 1.54) is 0 Å². The Morgan fingerprint density at radius 2 is 2.00 bits per heavy atom. The van der Waals surface area contributed by atoms with Crippen LogP contribution in [0, 0.1) is 6.92 Å². The molecule has 1 aromatic rings. The molecule has 12 heavy (non-hydrogen) atoms. The van der Waals surface area contributed by atoms with Crippen LogP contribution < -0.4 is 5.32 Å². The molecule has 70 valence electrons. The summed E-state index contributed by atoms with van der Waals surface area (Å²) < 4.78 is 0. The summed E-state index contributed by atoms with van der Waals surface area (Å²) in [7, 11) is 1.92. The average Bonchev–Trinajstić information content (AvgIpc) is 1.88. The highest BCUT2D eigenvalue weighted by atomic mass is 35.5. The Balaban J connectivity index is 0. The van der Waals surface area contributed by atoms with Gasteiger partial charge >= 0.3 is 0 Å². The number of rotatable bonds is 2. The van der Waals surface area contributed by atoms with Crippen LogP contribution in [0.15, 0.2) is 18.2 Å². The first-order valence-electron chi connectivity index (χ1n) is 3.40. The predicted octanol–water partition coefficient (Wildman–Crippen LogP) is 1.95. The first kappa shape index (κ1) is 14.2. The van der Waals surface area contributed by atoms with E-state index in [-0.39, 0.29) is 24.8 Å². The lowest BCUT2D eigenvalue weighted by atomic mass is 10.3. The van der Waals surface area contributed by atoms with Crippen molar-refractivity contribution in [1.82, 2.24) is 10.3 Å². The fraction of sp³-hybridized carbons (Fsp3) is 0.375. The lowest BCUT2D eigenvalue weighted by Gasteiger charge is -1.98. The molecule has 0 spiro atoms. The molecule has 0 atom stereocenters. The normalized spacial score (nSPS) is 8.17. The molecule has 0 amide bonds. The van der Waals surface area contributed by atoms with Crippen LogP contribution in [0.4, 0.5) is 0 Å². The molecule has 0 aliphatic carbocycles. The van der Waals surface area contributed by atoms with E-state index in [0.29, 0.717) is 0 Å². The summed E-state index contributed by atoms with van der Waals surface area (Å²) in [6, 6.07) is 6.04. The standard InChI is InChI=1S/C8H12N2.2ClH/c1-7-4-3-5-8(10-7)6-9-2;;/h3-5,9H,6H2,1-2H3;2*1H. The number of halogens is 2. The van der Waals surface area contributed by atoms with Crippen LogP contribution in [0.1, 0.15) is 11.4 Å². The van der Waals surface area contributed by atoms with Gasteiger partial charge in [0.25, 0.3) is 0 Å². The molecule has 0 aliphatic heterocycles. The van der Waals surface area contributed by atoms with Gasteiger partial charge in [0.15, 0.2) is 0 Å². The lowest BCUT2D eigenvalue weighted by Crippen LogP contribution is -2.06. The van der Waals surface area contributed by atoms with Gasteiger partial charge in [0.2, 0.25) is 0 Å². The van der Waals surface area contributed by atoms with E-state index >= 15 is 0 Å². The number of hydrogen-bond donors (Lipinski definition) is 1. The van der Waals surface area contributed by atoms with E-state index in [1.54, 1.807) is 0 Å². The van der Waals surface area contributed by atoms with Gasteiger partial charge < -0.3 is 5.32 Å². The number of aryl methyl sites for hydroxylation is 1. The second-order valence-corrected chi connectivity index (χ2v) is 2.30. The number of pyridine rings is 1. The van der Waals surface area contributed by atoms with Crippen LogP contribution in [-0.4, -0.2) is 12.0 Å². The summed E-state index contributed by atoms with van der Waals surface area (Å²) in [6.45, 7) is 2.85. The third kappa shape index (κ3) is 4.54. The summed E-state index contributed by atoms with van der Waals surface area (Å²) in [5, 5.41) is 3.05. The molecule has 0 unspecified atom stereocenters. The van der Waals surface area contributed by atoms with Crippen molar-refractivity contribution in [3.8, 4) is 0 Å². The second-order valence-electron chi connectivity index (χ2n) is 2.30. The maximum absolute atomic E-state index is 4.30. The Kier molecular flexibility index (Phi) is 8.71. The molecular weight excluding hydrogens is 195 g/mol. The lowest BCUT2D eigenvalue weighted by molar-refractivity contribution is 0.787. The molecule has 2 nitrogen and oxygen atoms in total. The smallest absolute Gasteiger partial charge is 0.0544 e. The zero-order valence-electron chi connectivity index (χ0n) is 7.20. The molecule has 1 heterocycles. The highest BCUT2D eigenvalue weighted by Crippen LogP contribution is 1.96. The van der Waals surface area contributed by atoms with Gasteiger partial charge in [-0.25, -0.2) is 0 Å². The fourth-order valence-electron chi connectivity index (χ4n) is 0.879.